The molecule has 0 aliphatic heterocycles. The third-order valence-corrected chi connectivity index (χ3v) is 5.70. The zero-order valence-corrected chi connectivity index (χ0v) is 18.2. The van der Waals surface area contributed by atoms with Crippen LogP contribution in [0.1, 0.15) is 36.8 Å². The topological polar surface area (TPSA) is 116 Å². The summed E-state index contributed by atoms with van der Waals surface area (Å²) in [5.41, 5.74) is 7.13. The van der Waals surface area contributed by atoms with Crippen molar-refractivity contribution in [2.24, 2.45) is 11.7 Å². The predicted molar refractivity (Wildman–Crippen MR) is 116 cm³/mol. The van der Waals surface area contributed by atoms with E-state index in [0.717, 1.165) is 11.1 Å². The van der Waals surface area contributed by atoms with Gasteiger partial charge in [-0.3, -0.25) is 14.2 Å². The molecule has 2 atom stereocenters. The van der Waals surface area contributed by atoms with Crippen LogP contribution in [0.25, 0.3) is 0 Å². The van der Waals surface area contributed by atoms with Gasteiger partial charge in [0.25, 0.3) is 0 Å². The summed E-state index contributed by atoms with van der Waals surface area (Å²) in [6.07, 6.45) is 0.224. The van der Waals surface area contributed by atoms with E-state index in [1.165, 1.54) is 0 Å². The van der Waals surface area contributed by atoms with E-state index >= 15 is 0 Å². The SMILES string of the molecule is NCCCC(O)(P=O)C(CCC(=O)OCc1ccccc1)C(=O)OCc1ccccc1. The van der Waals surface area contributed by atoms with E-state index in [0.29, 0.717) is 6.42 Å². The van der Waals surface area contributed by atoms with Crippen LogP contribution in [0.5, 0.6) is 0 Å². The Bertz CT molecular complexity index is 832. The molecule has 0 spiro atoms. The van der Waals surface area contributed by atoms with Gasteiger partial charge >= 0.3 is 11.9 Å². The summed E-state index contributed by atoms with van der Waals surface area (Å²) < 4.78 is 22.4. The van der Waals surface area contributed by atoms with Crippen molar-refractivity contribution in [2.75, 3.05) is 6.54 Å². The number of hydrogen-bond donors (Lipinski definition) is 2. The highest BCUT2D eigenvalue weighted by atomic mass is 31.1. The zero-order chi connectivity index (χ0) is 22.5. The zero-order valence-electron chi connectivity index (χ0n) is 17.3. The molecule has 8 heteroatoms. The summed E-state index contributed by atoms with van der Waals surface area (Å²) in [6.45, 7) is 0.389. The van der Waals surface area contributed by atoms with E-state index in [4.69, 9.17) is 15.2 Å². The van der Waals surface area contributed by atoms with Gasteiger partial charge in [0.2, 0.25) is 0 Å². The van der Waals surface area contributed by atoms with Crippen LogP contribution in [-0.4, -0.2) is 28.9 Å². The Hall–Kier alpha value is -2.60. The highest BCUT2D eigenvalue weighted by molar-refractivity contribution is 7.25. The molecule has 2 unspecified atom stereocenters. The van der Waals surface area contributed by atoms with Crippen LogP contribution in [0.3, 0.4) is 0 Å². The summed E-state index contributed by atoms with van der Waals surface area (Å²) in [4.78, 5) is 25.0. The van der Waals surface area contributed by atoms with E-state index in [9.17, 15) is 19.3 Å². The number of carbonyl (C=O) groups excluding carboxylic acids is 2. The summed E-state index contributed by atoms with van der Waals surface area (Å²) in [7, 11) is -0.618. The molecule has 0 amide bonds. The molecule has 0 aliphatic carbocycles. The molecule has 166 valence electrons. The number of nitrogens with two attached hydrogens (primary N) is 1. The van der Waals surface area contributed by atoms with Crippen molar-refractivity contribution in [1.82, 2.24) is 0 Å². The van der Waals surface area contributed by atoms with E-state index in [-0.39, 0.29) is 39.0 Å². The first-order valence-corrected chi connectivity index (χ1v) is 11.0. The van der Waals surface area contributed by atoms with Crippen molar-refractivity contribution in [3.8, 4) is 0 Å². The number of aliphatic hydroxyl groups is 1. The second-order valence-electron chi connectivity index (χ2n) is 7.19. The Kier molecular flexibility index (Phi) is 10.3. The molecule has 0 radical (unpaired) electrons. The Morgan fingerprint density at radius 1 is 0.968 bits per heavy atom. The third-order valence-electron chi connectivity index (χ3n) is 4.85. The van der Waals surface area contributed by atoms with Gasteiger partial charge < -0.3 is 20.3 Å². The molecule has 2 aromatic rings. The van der Waals surface area contributed by atoms with Crippen molar-refractivity contribution < 1.29 is 28.7 Å². The minimum atomic E-state index is -1.87. The summed E-state index contributed by atoms with van der Waals surface area (Å²) >= 11 is 0. The Balaban J connectivity index is 2.00. The quantitative estimate of drug-likeness (QED) is 0.358. The Morgan fingerprint density at radius 3 is 2.03 bits per heavy atom. The van der Waals surface area contributed by atoms with Crippen molar-refractivity contribution >= 4 is 20.4 Å². The maximum atomic E-state index is 12.8. The number of ether oxygens (including phenoxy) is 2. The van der Waals surface area contributed by atoms with Crippen molar-refractivity contribution in [3.63, 3.8) is 0 Å². The average Bonchev–Trinajstić information content (AvgIpc) is 2.81. The molecule has 0 saturated carbocycles. The van der Waals surface area contributed by atoms with Gasteiger partial charge in [0, 0.05) is 6.42 Å². The molecular weight excluding hydrogens is 417 g/mol. The molecular formula is C23H28NO6P. The van der Waals surface area contributed by atoms with Crippen LogP contribution in [0.15, 0.2) is 60.7 Å². The molecule has 0 fully saturated rings. The maximum absolute atomic E-state index is 12.8. The van der Waals surface area contributed by atoms with E-state index in [1.54, 1.807) is 12.1 Å². The van der Waals surface area contributed by atoms with Crippen molar-refractivity contribution in [3.05, 3.63) is 71.8 Å². The van der Waals surface area contributed by atoms with Crippen LogP contribution >= 0.6 is 8.46 Å². The molecule has 0 saturated heterocycles. The lowest BCUT2D eigenvalue weighted by Crippen LogP contribution is -2.39. The van der Waals surface area contributed by atoms with Crippen LogP contribution in [0.2, 0.25) is 0 Å². The van der Waals surface area contributed by atoms with Crippen molar-refractivity contribution in [2.45, 2.75) is 44.2 Å². The molecule has 31 heavy (non-hydrogen) atoms. The van der Waals surface area contributed by atoms with E-state index in [2.05, 4.69) is 0 Å². The van der Waals surface area contributed by atoms with Gasteiger partial charge in [-0.15, -0.1) is 0 Å². The molecule has 2 rings (SSSR count). The van der Waals surface area contributed by atoms with Crippen LogP contribution < -0.4 is 5.73 Å². The van der Waals surface area contributed by atoms with Gasteiger partial charge in [0.05, 0.1) is 5.92 Å². The first kappa shape index (κ1) is 24.7. The van der Waals surface area contributed by atoms with E-state index in [1.807, 2.05) is 48.5 Å². The van der Waals surface area contributed by atoms with Crippen molar-refractivity contribution in [1.29, 1.82) is 0 Å². The lowest BCUT2D eigenvalue weighted by atomic mass is 9.92. The number of esters is 2. The monoisotopic (exact) mass is 445 g/mol. The fourth-order valence-corrected chi connectivity index (χ4v) is 3.70. The van der Waals surface area contributed by atoms with E-state index < -0.39 is 31.7 Å². The van der Waals surface area contributed by atoms with Gasteiger partial charge in [-0.05, 0) is 36.9 Å². The highest BCUT2D eigenvalue weighted by Gasteiger charge is 2.43. The minimum Gasteiger partial charge on any atom is -0.461 e. The molecule has 2 aromatic carbocycles. The molecule has 0 bridgehead atoms. The largest absolute Gasteiger partial charge is 0.461 e. The molecule has 0 heterocycles. The first-order chi connectivity index (χ1) is 15.0. The van der Waals surface area contributed by atoms with Gasteiger partial charge in [0.1, 0.15) is 13.2 Å². The smallest absolute Gasteiger partial charge is 0.313 e. The van der Waals surface area contributed by atoms with Gasteiger partial charge in [-0.25, -0.2) is 0 Å². The molecule has 0 aliphatic rings. The van der Waals surface area contributed by atoms with Gasteiger partial charge in [-0.1, -0.05) is 60.7 Å². The fourth-order valence-electron chi connectivity index (χ4n) is 3.09. The standard InChI is InChI=1S/C23H28NO6P/c24-15-7-14-23(27,31-28)20(22(26)30-17-19-10-5-2-6-11-19)12-13-21(25)29-16-18-8-3-1-4-9-18/h1-6,8-11,20,27H,7,12-17,24H2. The van der Waals surface area contributed by atoms with Crippen LogP contribution in [-0.2, 0) is 36.8 Å². The number of rotatable bonds is 13. The second kappa shape index (κ2) is 13.0. The summed E-state index contributed by atoms with van der Waals surface area (Å²) in [5, 5.41) is 9.00. The normalized spacial score (nSPS) is 13.9. The maximum Gasteiger partial charge on any atom is 0.313 e. The Labute approximate surface area is 183 Å². The molecule has 0 aromatic heterocycles. The summed E-state index contributed by atoms with van der Waals surface area (Å²) in [6, 6.07) is 18.3. The second-order valence-corrected chi connectivity index (χ2v) is 8.15. The predicted octanol–water partition coefficient (Wildman–Crippen LogP) is 3.59. The summed E-state index contributed by atoms with van der Waals surface area (Å²) in [5.74, 6) is -2.40. The minimum absolute atomic E-state index is 0.0113. The van der Waals surface area contributed by atoms with Crippen LogP contribution in [0, 0.1) is 5.92 Å². The molecule has 7 nitrogen and oxygen atoms in total. The van der Waals surface area contributed by atoms with Gasteiger partial charge in [-0.2, -0.15) is 0 Å². The number of benzene rings is 2. The molecule has 3 N–H and O–H groups in total. The number of carbonyl (C=O) groups is 2. The lowest BCUT2D eigenvalue weighted by molar-refractivity contribution is -0.157. The first-order valence-electron chi connectivity index (χ1n) is 10.2. The van der Waals surface area contributed by atoms with Crippen LogP contribution in [0.4, 0.5) is 0 Å². The lowest BCUT2D eigenvalue weighted by Gasteiger charge is -2.28. The fraction of sp³-hybridized carbons (Fsp3) is 0.391. The highest BCUT2D eigenvalue weighted by Crippen LogP contribution is 2.37. The van der Waals surface area contributed by atoms with Gasteiger partial charge in [0.15, 0.2) is 13.8 Å². The number of hydrogen-bond acceptors (Lipinski definition) is 7. The average molecular weight is 445 g/mol. The Morgan fingerprint density at radius 2 is 1.52 bits per heavy atom. The third kappa shape index (κ3) is 8.21.